The van der Waals surface area contributed by atoms with E-state index in [0.29, 0.717) is 12.8 Å². The van der Waals surface area contributed by atoms with E-state index in [2.05, 4.69) is 10.6 Å². The van der Waals surface area contributed by atoms with Crippen LogP contribution in [0.25, 0.3) is 0 Å². The topological polar surface area (TPSA) is 109 Å². The van der Waals surface area contributed by atoms with E-state index in [0.717, 1.165) is 0 Å². The number of furan rings is 1. The van der Waals surface area contributed by atoms with Gasteiger partial charge in [-0.1, -0.05) is 0 Å². The fourth-order valence-electron chi connectivity index (χ4n) is 1.63. The number of carbonyl (C=O) groups is 3. The van der Waals surface area contributed by atoms with Crippen LogP contribution in [0.5, 0.6) is 0 Å². The summed E-state index contributed by atoms with van der Waals surface area (Å²) in [5.41, 5.74) is -1.08. The Bertz CT molecular complexity index is 490. The van der Waals surface area contributed by atoms with Crippen LogP contribution in [0.1, 0.15) is 29.8 Å². The van der Waals surface area contributed by atoms with Gasteiger partial charge in [-0.3, -0.25) is 9.59 Å². The zero-order valence-corrected chi connectivity index (χ0v) is 10.1. The van der Waals surface area contributed by atoms with Crippen molar-refractivity contribution in [2.24, 2.45) is 0 Å². The zero-order chi connectivity index (χ0) is 13.9. The second-order valence-electron chi connectivity index (χ2n) is 4.42. The molecule has 0 saturated heterocycles. The van der Waals surface area contributed by atoms with Gasteiger partial charge in [-0.25, -0.2) is 4.79 Å². The van der Waals surface area contributed by atoms with E-state index in [9.17, 15) is 14.4 Å². The van der Waals surface area contributed by atoms with Crippen molar-refractivity contribution in [2.75, 3.05) is 6.54 Å². The van der Waals surface area contributed by atoms with E-state index < -0.39 is 17.4 Å². The Morgan fingerprint density at radius 2 is 2.11 bits per heavy atom. The Labute approximate surface area is 109 Å². The monoisotopic (exact) mass is 266 g/mol. The molecule has 0 spiro atoms. The van der Waals surface area contributed by atoms with Crippen molar-refractivity contribution in [2.45, 2.75) is 24.8 Å². The highest BCUT2D eigenvalue weighted by Gasteiger charge is 2.51. The lowest BCUT2D eigenvalue weighted by Crippen LogP contribution is -2.44. The van der Waals surface area contributed by atoms with E-state index in [1.165, 1.54) is 12.3 Å². The number of aliphatic carboxylic acids is 1. The third-order valence-corrected chi connectivity index (χ3v) is 2.92. The predicted molar refractivity (Wildman–Crippen MR) is 63.4 cm³/mol. The van der Waals surface area contributed by atoms with E-state index >= 15 is 0 Å². The van der Waals surface area contributed by atoms with Gasteiger partial charge >= 0.3 is 5.97 Å². The Kier molecular flexibility index (Phi) is 3.55. The average molecular weight is 266 g/mol. The van der Waals surface area contributed by atoms with E-state index in [-0.39, 0.29) is 24.6 Å². The van der Waals surface area contributed by atoms with Gasteiger partial charge in [-0.15, -0.1) is 0 Å². The molecule has 0 atom stereocenters. The fraction of sp³-hybridized carbons (Fsp3) is 0.417. The van der Waals surface area contributed by atoms with E-state index in [1.807, 2.05) is 0 Å². The van der Waals surface area contributed by atoms with Crippen molar-refractivity contribution < 1.29 is 23.9 Å². The molecule has 0 bridgehead atoms. The molecule has 0 radical (unpaired) electrons. The van der Waals surface area contributed by atoms with Crippen LogP contribution in [-0.2, 0) is 9.59 Å². The average Bonchev–Trinajstić information content (AvgIpc) is 2.93. The molecule has 1 aliphatic rings. The summed E-state index contributed by atoms with van der Waals surface area (Å²) in [5.74, 6) is -1.64. The minimum Gasteiger partial charge on any atom is -0.480 e. The first-order valence-electron chi connectivity index (χ1n) is 5.90. The molecular weight excluding hydrogens is 252 g/mol. The van der Waals surface area contributed by atoms with Crippen molar-refractivity contribution >= 4 is 17.8 Å². The maximum Gasteiger partial charge on any atom is 0.329 e. The Balaban J connectivity index is 1.70. The Morgan fingerprint density at radius 3 is 2.63 bits per heavy atom. The molecular formula is C12H14N2O5. The van der Waals surface area contributed by atoms with Gasteiger partial charge in [0.15, 0.2) is 5.76 Å². The van der Waals surface area contributed by atoms with Crippen LogP contribution in [0.3, 0.4) is 0 Å². The van der Waals surface area contributed by atoms with Crippen molar-refractivity contribution in [3.05, 3.63) is 24.2 Å². The lowest BCUT2D eigenvalue weighted by atomic mass is 10.2. The third-order valence-electron chi connectivity index (χ3n) is 2.92. The number of carbonyl (C=O) groups excluding carboxylic acids is 2. The fourth-order valence-corrected chi connectivity index (χ4v) is 1.63. The minimum atomic E-state index is -1.08. The molecule has 0 aromatic carbocycles. The number of amides is 2. The maximum atomic E-state index is 11.5. The van der Waals surface area contributed by atoms with Gasteiger partial charge in [0.2, 0.25) is 5.91 Å². The zero-order valence-electron chi connectivity index (χ0n) is 10.1. The molecule has 1 aromatic heterocycles. The Morgan fingerprint density at radius 1 is 1.37 bits per heavy atom. The third kappa shape index (κ3) is 3.12. The van der Waals surface area contributed by atoms with Gasteiger partial charge in [0, 0.05) is 13.0 Å². The number of hydrogen-bond acceptors (Lipinski definition) is 4. The smallest absolute Gasteiger partial charge is 0.329 e. The summed E-state index contributed by atoms with van der Waals surface area (Å²) in [6.07, 6.45) is 2.31. The molecule has 1 aliphatic carbocycles. The molecule has 1 aromatic rings. The van der Waals surface area contributed by atoms with Gasteiger partial charge < -0.3 is 20.2 Å². The molecule has 7 nitrogen and oxygen atoms in total. The van der Waals surface area contributed by atoms with Crippen LogP contribution in [0.4, 0.5) is 0 Å². The molecule has 0 aliphatic heterocycles. The SMILES string of the molecule is O=C(CCNC(=O)c1ccco1)NC1(C(=O)O)CC1. The molecule has 7 heteroatoms. The molecule has 1 heterocycles. The van der Waals surface area contributed by atoms with E-state index in [1.54, 1.807) is 6.07 Å². The summed E-state index contributed by atoms with van der Waals surface area (Å²) in [6.45, 7) is 0.126. The van der Waals surface area contributed by atoms with Gasteiger partial charge in [-0.2, -0.15) is 0 Å². The number of carboxylic acids is 1. The first-order chi connectivity index (χ1) is 9.03. The van der Waals surface area contributed by atoms with Gasteiger partial charge in [0.25, 0.3) is 5.91 Å². The predicted octanol–water partition coefficient (Wildman–Crippen LogP) is 0.133. The summed E-state index contributed by atoms with van der Waals surface area (Å²) in [4.78, 5) is 33.8. The standard InChI is InChI=1S/C12H14N2O5/c15-9(14-12(4-5-12)11(17)18)3-6-13-10(16)8-2-1-7-19-8/h1-2,7H,3-6H2,(H,13,16)(H,14,15)(H,17,18). The minimum absolute atomic E-state index is 0.0292. The highest BCUT2D eigenvalue weighted by Crippen LogP contribution is 2.35. The molecule has 1 saturated carbocycles. The van der Waals surface area contributed by atoms with Crippen molar-refractivity contribution in [1.82, 2.24) is 10.6 Å². The first-order valence-corrected chi connectivity index (χ1v) is 5.90. The van der Waals surface area contributed by atoms with E-state index in [4.69, 9.17) is 9.52 Å². The Hall–Kier alpha value is -2.31. The van der Waals surface area contributed by atoms with Crippen LogP contribution in [0.2, 0.25) is 0 Å². The lowest BCUT2D eigenvalue weighted by Gasteiger charge is -2.12. The van der Waals surface area contributed by atoms with Crippen LogP contribution in [0, 0.1) is 0 Å². The van der Waals surface area contributed by atoms with Crippen molar-refractivity contribution in [3.8, 4) is 0 Å². The van der Waals surface area contributed by atoms with Gasteiger partial charge in [0.05, 0.1) is 6.26 Å². The molecule has 102 valence electrons. The molecule has 19 heavy (non-hydrogen) atoms. The maximum absolute atomic E-state index is 11.5. The molecule has 3 N–H and O–H groups in total. The van der Waals surface area contributed by atoms with Gasteiger partial charge in [0.1, 0.15) is 5.54 Å². The number of nitrogens with one attached hydrogen (secondary N) is 2. The number of carboxylic acid groups (broad SMARTS) is 1. The first kappa shape index (κ1) is 13.1. The summed E-state index contributed by atoms with van der Waals surface area (Å²) < 4.78 is 4.88. The van der Waals surface area contributed by atoms with Crippen molar-refractivity contribution in [3.63, 3.8) is 0 Å². The molecule has 2 amide bonds. The highest BCUT2D eigenvalue weighted by molar-refractivity contribution is 5.92. The second kappa shape index (κ2) is 5.13. The second-order valence-corrected chi connectivity index (χ2v) is 4.42. The summed E-state index contributed by atoms with van der Waals surface area (Å²) in [6, 6.07) is 3.10. The highest BCUT2D eigenvalue weighted by atomic mass is 16.4. The normalized spacial score (nSPS) is 15.6. The van der Waals surface area contributed by atoms with Crippen molar-refractivity contribution in [1.29, 1.82) is 0 Å². The summed E-state index contributed by atoms with van der Waals surface area (Å²) in [5, 5.41) is 13.9. The van der Waals surface area contributed by atoms with Crippen LogP contribution in [0.15, 0.2) is 22.8 Å². The quantitative estimate of drug-likeness (QED) is 0.678. The number of hydrogen-bond donors (Lipinski definition) is 3. The summed E-state index contributed by atoms with van der Waals surface area (Å²) >= 11 is 0. The van der Waals surface area contributed by atoms with Crippen LogP contribution < -0.4 is 10.6 Å². The largest absolute Gasteiger partial charge is 0.480 e. The molecule has 2 rings (SSSR count). The van der Waals surface area contributed by atoms with Gasteiger partial charge in [-0.05, 0) is 25.0 Å². The lowest BCUT2D eigenvalue weighted by molar-refractivity contribution is -0.143. The molecule has 1 fully saturated rings. The summed E-state index contributed by atoms with van der Waals surface area (Å²) in [7, 11) is 0. The molecule has 0 unspecified atom stereocenters. The number of rotatable bonds is 6. The van der Waals surface area contributed by atoms with Crippen LogP contribution in [-0.4, -0.2) is 35.0 Å². The van der Waals surface area contributed by atoms with Crippen LogP contribution >= 0.6 is 0 Å².